The maximum absolute atomic E-state index is 12.9. The van der Waals surface area contributed by atoms with Crippen molar-refractivity contribution >= 4 is 5.91 Å². The summed E-state index contributed by atoms with van der Waals surface area (Å²) in [5.74, 6) is -1.29. The molecule has 1 aromatic rings. The SMILES string of the molecule is Cn1c(C(F)(F)F)nn(C2CCN(CC(=O)NCC3CCCO3)CC2)c1=O. The first-order chi connectivity index (χ1) is 12.8. The van der Waals surface area contributed by atoms with Crippen LogP contribution in [0.3, 0.4) is 0 Å². The maximum Gasteiger partial charge on any atom is 0.451 e. The molecule has 0 aromatic carbocycles. The Hall–Kier alpha value is -1.88. The highest BCUT2D eigenvalue weighted by Gasteiger charge is 2.39. The molecule has 0 bridgehead atoms. The molecular formula is C16H24F3N5O3. The molecule has 1 amide bonds. The zero-order chi connectivity index (χ0) is 19.6. The van der Waals surface area contributed by atoms with Gasteiger partial charge in [-0.15, -0.1) is 5.10 Å². The van der Waals surface area contributed by atoms with Gasteiger partial charge in [0.05, 0.1) is 18.7 Å². The van der Waals surface area contributed by atoms with E-state index in [1.807, 2.05) is 4.90 Å². The summed E-state index contributed by atoms with van der Waals surface area (Å²) in [7, 11) is 1.07. The van der Waals surface area contributed by atoms with Crippen LogP contribution < -0.4 is 11.0 Å². The lowest BCUT2D eigenvalue weighted by atomic mass is 10.1. The molecule has 0 spiro atoms. The lowest BCUT2D eigenvalue weighted by Gasteiger charge is -2.31. The molecule has 2 fully saturated rings. The van der Waals surface area contributed by atoms with Crippen LogP contribution in [0.4, 0.5) is 13.2 Å². The van der Waals surface area contributed by atoms with E-state index >= 15 is 0 Å². The molecule has 0 radical (unpaired) electrons. The second kappa shape index (κ2) is 8.01. The second-order valence-electron chi connectivity index (χ2n) is 7.05. The molecule has 2 aliphatic rings. The van der Waals surface area contributed by atoms with Gasteiger partial charge in [-0.05, 0) is 25.7 Å². The molecule has 1 N–H and O–H groups in total. The largest absolute Gasteiger partial charge is 0.451 e. The number of hydrogen-bond donors (Lipinski definition) is 1. The zero-order valence-corrected chi connectivity index (χ0v) is 15.2. The third-order valence-electron chi connectivity index (χ3n) is 5.08. The number of nitrogens with zero attached hydrogens (tertiary/aromatic N) is 4. The normalized spacial score (nSPS) is 22.3. The summed E-state index contributed by atoms with van der Waals surface area (Å²) in [5, 5.41) is 6.34. The van der Waals surface area contributed by atoms with Gasteiger partial charge in [0.15, 0.2) is 0 Å². The molecule has 0 aliphatic carbocycles. The number of carbonyl (C=O) groups excluding carboxylic acids is 1. The fourth-order valence-corrected chi connectivity index (χ4v) is 3.55. The summed E-state index contributed by atoms with van der Waals surface area (Å²) in [6.45, 7) is 2.49. The minimum atomic E-state index is -4.67. The van der Waals surface area contributed by atoms with Crippen LogP contribution in [0.15, 0.2) is 4.79 Å². The number of rotatable bonds is 5. The van der Waals surface area contributed by atoms with Crippen LogP contribution in [0.2, 0.25) is 0 Å². The topological polar surface area (TPSA) is 81.4 Å². The maximum atomic E-state index is 12.9. The molecule has 11 heteroatoms. The summed E-state index contributed by atoms with van der Waals surface area (Å²) in [5.41, 5.74) is -0.768. The summed E-state index contributed by atoms with van der Waals surface area (Å²) in [4.78, 5) is 26.0. The Balaban J connectivity index is 1.50. The van der Waals surface area contributed by atoms with Crippen molar-refractivity contribution in [2.24, 2.45) is 7.05 Å². The van der Waals surface area contributed by atoms with E-state index in [1.165, 1.54) is 0 Å². The number of halogens is 3. The molecule has 3 heterocycles. The van der Waals surface area contributed by atoms with Crippen molar-refractivity contribution in [2.45, 2.75) is 44.0 Å². The Morgan fingerprint density at radius 3 is 2.56 bits per heavy atom. The van der Waals surface area contributed by atoms with Crippen LogP contribution in [0, 0.1) is 0 Å². The van der Waals surface area contributed by atoms with Crippen LogP contribution in [0.1, 0.15) is 37.5 Å². The average molecular weight is 391 g/mol. The lowest BCUT2D eigenvalue weighted by molar-refractivity contribution is -0.147. The number of nitrogens with one attached hydrogen (secondary N) is 1. The van der Waals surface area contributed by atoms with E-state index in [2.05, 4.69) is 10.4 Å². The van der Waals surface area contributed by atoms with Crippen LogP contribution in [0.5, 0.6) is 0 Å². The molecule has 0 saturated carbocycles. The average Bonchev–Trinajstić information content (AvgIpc) is 3.23. The molecule has 27 heavy (non-hydrogen) atoms. The Morgan fingerprint density at radius 2 is 2.00 bits per heavy atom. The van der Waals surface area contributed by atoms with Crippen molar-refractivity contribution in [3.05, 3.63) is 16.3 Å². The zero-order valence-electron chi connectivity index (χ0n) is 15.2. The van der Waals surface area contributed by atoms with Gasteiger partial charge in [-0.2, -0.15) is 13.2 Å². The molecule has 3 rings (SSSR count). The van der Waals surface area contributed by atoms with E-state index in [0.29, 0.717) is 37.0 Å². The number of hydrogen-bond acceptors (Lipinski definition) is 5. The fraction of sp³-hybridized carbons (Fsp3) is 0.812. The van der Waals surface area contributed by atoms with Gasteiger partial charge in [-0.25, -0.2) is 9.48 Å². The molecule has 2 saturated heterocycles. The fourth-order valence-electron chi connectivity index (χ4n) is 3.55. The van der Waals surface area contributed by atoms with Gasteiger partial charge in [-0.3, -0.25) is 14.3 Å². The first kappa shape index (κ1) is 19.9. The number of carbonyl (C=O) groups is 1. The van der Waals surface area contributed by atoms with E-state index in [-0.39, 0.29) is 18.6 Å². The quantitative estimate of drug-likeness (QED) is 0.792. The van der Waals surface area contributed by atoms with Crippen molar-refractivity contribution in [1.82, 2.24) is 24.6 Å². The molecule has 1 atom stereocenters. The van der Waals surface area contributed by atoms with E-state index in [1.54, 1.807) is 0 Å². The monoisotopic (exact) mass is 391 g/mol. The summed E-state index contributed by atoms with van der Waals surface area (Å²) >= 11 is 0. The predicted molar refractivity (Wildman–Crippen MR) is 89.2 cm³/mol. The van der Waals surface area contributed by atoms with Crippen molar-refractivity contribution in [3.63, 3.8) is 0 Å². The van der Waals surface area contributed by atoms with Crippen molar-refractivity contribution < 1.29 is 22.7 Å². The number of alkyl halides is 3. The minimum absolute atomic E-state index is 0.0820. The van der Waals surface area contributed by atoms with E-state index < -0.39 is 23.7 Å². The first-order valence-electron chi connectivity index (χ1n) is 9.09. The number of likely N-dealkylation sites (tertiary alicyclic amines) is 1. The van der Waals surface area contributed by atoms with Crippen LogP contribution >= 0.6 is 0 Å². The lowest BCUT2D eigenvalue weighted by Crippen LogP contribution is -2.44. The highest BCUT2D eigenvalue weighted by molar-refractivity contribution is 5.78. The van der Waals surface area contributed by atoms with Crippen molar-refractivity contribution in [2.75, 3.05) is 32.8 Å². The van der Waals surface area contributed by atoms with Gasteiger partial charge in [0, 0.05) is 33.3 Å². The third kappa shape index (κ3) is 4.70. The van der Waals surface area contributed by atoms with Crippen LogP contribution in [0.25, 0.3) is 0 Å². The van der Waals surface area contributed by atoms with Crippen molar-refractivity contribution in [3.8, 4) is 0 Å². The number of ether oxygens (including phenoxy) is 1. The smallest absolute Gasteiger partial charge is 0.376 e. The van der Waals surface area contributed by atoms with E-state index in [0.717, 1.165) is 31.2 Å². The first-order valence-corrected chi connectivity index (χ1v) is 9.09. The Labute approximate surface area is 154 Å². The van der Waals surface area contributed by atoms with Gasteiger partial charge < -0.3 is 10.1 Å². The van der Waals surface area contributed by atoms with Crippen LogP contribution in [-0.4, -0.2) is 64.0 Å². The molecule has 8 nitrogen and oxygen atoms in total. The number of piperidine rings is 1. The summed E-state index contributed by atoms with van der Waals surface area (Å²) in [6.07, 6.45) is -1.69. The van der Waals surface area contributed by atoms with Gasteiger partial charge in [-0.1, -0.05) is 0 Å². The molecule has 2 aliphatic heterocycles. The molecular weight excluding hydrogens is 367 g/mol. The van der Waals surface area contributed by atoms with Gasteiger partial charge in [0.2, 0.25) is 11.7 Å². The Kier molecular flexibility index (Phi) is 5.89. The standard InChI is InChI=1S/C16H24F3N5O3/c1-22-14(16(17,18)19)21-24(15(22)26)11-4-6-23(7-5-11)10-13(25)20-9-12-3-2-8-27-12/h11-12H,2-10H2,1H3,(H,20,25). The Bertz CT molecular complexity index is 716. The second-order valence-corrected chi connectivity index (χ2v) is 7.05. The van der Waals surface area contributed by atoms with E-state index in [9.17, 15) is 22.8 Å². The summed E-state index contributed by atoms with van der Waals surface area (Å²) in [6, 6.07) is -0.397. The number of amides is 1. The molecule has 152 valence electrons. The van der Waals surface area contributed by atoms with Crippen molar-refractivity contribution in [1.29, 1.82) is 0 Å². The molecule has 1 aromatic heterocycles. The van der Waals surface area contributed by atoms with Gasteiger partial charge in [0.25, 0.3) is 0 Å². The molecule has 1 unspecified atom stereocenters. The van der Waals surface area contributed by atoms with Gasteiger partial charge >= 0.3 is 11.9 Å². The Morgan fingerprint density at radius 1 is 1.30 bits per heavy atom. The minimum Gasteiger partial charge on any atom is -0.376 e. The van der Waals surface area contributed by atoms with Crippen LogP contribution in [-0.2, 0) is 22.8 Å². The predicted octanol–water partition coefficient (Wildman–Crippen LogP) is 0.533. The van der Waals surface area contributed by atoms with E-state index in [4.69, 9.17) is 4.74 Å². The third-order valence-corrected chi connectivity index (χ3v) is 5.08. The number of aromatic nitrogens is 3. The highest BCUT2D eigenvalue weighted by atomic mass is 19.4. The van der Waals surface area contributed by atoms with Gasteiger partial charge in [0.1, 0.15) is 0 Å². The highest BCUT2D eigenvalue weighted by Crippen LogP contribution is 2.28. The summed E-state index contributed by atoms with van der Waals surface area (Å²) < 4.78 is 45.6.